The molecule has 1 N–H and O–H groups in total. The standard InChI is InChI=1S/C20H20Cl2N4OS2/c1-11-6-7-12-13(9-28-16(12)8-11)19-24-25-20(26(19)2)29-10-17(27)23-15-5-3-4-14(21)18(15)22/h3-5,9,11H,6-8,10H2,1-2H3,(H,23,27). The predicted molar refractivity (Wildman–Crippen MR) is 121 cm³/mol. The number of nitrogens with zero attached hydrogens (tertiary/aromatic N) is 3. The average Bonchev–Trinajstić information content (AvgIpc) is 3.26. The molecule has 0 spiro atoms. The highest BCUT2D eigenvalue weighted by Crippen LogP contribution is 2.38. The smallest absolute Gasteiger partial charge is 0.234 e. The van der Waals surface area contributed by atoms with Crippen molar-refractivity contribution in [2.75, 3.05) is 11.1 Å². The first-order valence-corrected chi connectivity index (χ1v) is 11.9. The van der Waals surface area contributed by atoms with Crippen LogP contribution >= 0.6 is 46.3 Å². The number of carbonyl (C=O) groups is 1. The first kappa shape index (κ1) is 20.7. The highest BCUT2D eigenvalue weighted by molar-refractivity contribution is 7.99. The Hall–Kier alpha value is -1.54. The Kier molecular flexibility index (Phi) is 6.20. The Labute approximate surface area is 187 Å². The van der Waals surface area contributed by atoms with E-state index in [4.69, 9.17) is 23.2 Å². The number of nitrogens with one attached hydrogen (secondary N) is 1. The van der Waals surface area contributed by atoms with Crippen LogP contribution in [0.2, 0.25) is 10.0 Å². The molecule has 0 fully saturated rings. The van der Waals surface area contributed by atoms with Gasteiger partial charge in [-0.25, -0.2) is 0 Å². The summed E-state index contributed by atoms with van der Waals surface area (Å²) in [6, 6.07) is 5.14. The zero-order chi connectivity index (χ0) is 20.5. The first-order valence-electron chi connectivity index (χ1n) is 9.29. The van der Waals surface area contributed by atoms with Crippen molar-refractivity contribution in [3.05, 3.63) is 44.1 Å². The van der Waals surface area contributed by atoms with E-state index in [0.717, 1.165) is 24.6 Å². The molecule has 0 bridgehead atoms. The molecule has 1 aliphatic carbocycles. The monoisotopic (exact) mass is 466 g/mol. The van der Waals surface area contributed by atoms with E-state index in [1.165, 1.54) is 34.2 Å². The molecule has 2 heterocycles. The second-order valence-corrected chi connectivity index (χ2v) is 9.89. The lowest BCUT2D eigenvalue weighted by molar-refractivity contribution is -0.113. The fraction of sp³-hybridized carbons (Fsp3) is 0.350. The maximum Gasteiger partial charge on any atom is 0.234 e. The molecule has 152 valence electrons. The Morgan fingerprint density at radius 3 is 3.03 bits per heavy atom. The average molecular weight is 467 g/mol. The summed E-state index contributed by atoms with van der Waals surface area (Å²) in [5, 5.41) is 15.1. The molecule has 3 aromatic rings. The van der Waals surface area contributed by atoms with E-state index < -0.39 is 0 Å². The van der Waals surface area contributed by atoms with Crippen LogP contribution in [0.15, 0.2) is 28.7 Å². The summed E-state index contributed by atoms with van der Waals surface area (Å²) in [6.07, 6.45) is 3.45. The number of fused-ring (bicyclic) bond motifs is 1. The Balaban J connectivity index is 1.44. The molecular weight excluding hydrogens is 447 g/mol. The van der Waals surface area contributed by atoms with Gasteiger partial charge in [0.15, 0.2) is 11.0 Å². The van der Waals surface area contributed by atoms with Crippen LogP contribution in [0.3, 0.4) is 0 Å². The fourth-order valence-corrected chi connectivity index (χ4v) is 5.76. The van der Waals surface area contributed by atoms with Gasteiger partial charge in [0, 0.05) is 22.9 Å². The van der Waals surface area contributed by atoms with Crippen molar-refractivity contribution < 1.29 is 4.79 Å². The predicted octanol–water partition coefficient (Wildman–Crippen LogP) is 5.71. The number of thioether (sulfide) groups is 1. The van der Waals surface area contributed by atoms with Gasteiger partial charge in [-0.15, -0.1) is 21.5 Å². The highest BCUT2D eigenvalue weighted by atomic mass is 35.5. The third kappa shape index (κ3) is 4.33. The molecule has 1 unspecified atom stereocenters. The van der Waals surface area contributed by atoms with Gasteiger partial charge in [0.25, 0.3) is 0 Å². The number of hydrogen-bond donors (Lipinski definition) is 1. The lowest BCUT2D eigenvalue weighted by atomic mass is 9.88. The van der Waals surface area contributed by atoms with Gasteiger partial charge in [-0.2, -0.15) is 0 Å². The minimum atomic E-state index is -0.175. The van der Waals surface area contributed by atoms with E-state index in [9.17, 15) is 4.79 Å². The number of halogens is 2. The van der Waals surface area contributed by atoms with Crippen molar-refractivity contribution in [3.63, 3.8) is 0 Å². The number of aromatic nitrogens is 3. The number of hydrogen-bond acceptors (Lipinski definition) is 5. The number of anilines is 1. The van der Waals surface area contributed by atoms with Gasteiger partial charge in [-0.1, -0.05) is 48.0 Å². The fourth-order valence-electron chi connectivity index (χ4n) is 3.46. The summed E-state index contributed by atoms with van der Waals surface area (Å²) in [5.74, 6) is 1.63. The molecule has 0 saturated carbocycles. The third-order valence-electron chi connectivity index (χ3n) is 5.04. The van der Waals surface area contributed by atoms with Gasteiger partial charge in [0.2, 0.25) is 5.91 Å². The summed E-state index contributed by atoms with van der Waals surface area (Å²) in [4.78, 5) is 13.8. The van der Waals surface area contributed by atoms with Gasteiger partial charge in [0.1, 0.15) is 0 Å². The number of benzene rings is 1. The van der Waals surface area contributed by atoms with E-state index in [1.807, 2.05) is 23.0 Å². The lowest BCUT2D eigenvalue weighted by Gasteiger charge is -2.18. The Morgan fingerprint density at radius 2 is 2.21 bits per heavy atom. The number of carbonyl (C=O) groups excluding carboxylic acids is 1. The molecule has 0 aliphatic heterocycles. The van der Waals surface area contributed by atoms with E-state index in [1.54, 1.807) is 18.2 Å². The van der Waals surface area contributed by atoms with Crippen LogP contribution in [0.25, 0.3) is 11.4 Å². The molecule has 5 nitrogen and oxygen atoms in total. The largest absolute Gasteiger partial charge is 0.324 e. The van der Waals surface area contributed by atoms with Gasteiger partial charge in [-0.05, 0) is 42.9 Å². The minimum absolute atomic E-state index is 0.175. The summed E-state index contributed by atoms with van der Waals surface area (Å²) in [6.45, 7) is 2.31. The topological polar surface area (TPSA) is 59.8 Å². The van der Waals surface area contributed by atoms with E-state index >= 15 is 0 Å². The molecule has 9 heteroatoms. The summed E-state index contributed by atoms with van der Waals surface area (Å²) in [5.41, 5.74) is 3.09. The van der Waals surface area contributed by atoms with Crippen LogP contribution in [-0.2, 0) is 24.7 Å². The maximum atomic E-state index is 12.3. The highest BCUT2D eigenvalue weighted by Gasteiger charge is 2.23. The normalized spacial score (nSPS) is 15.9. The molecule has 1 aliphatic rings. The first-order chi connectivity index (χ1) is 13.9. The Morgan fingerprint density at radius 1 is 1.38 bits per heavy atom. The van der Waals surface area contributed by atoms with Gasteiger partial charge >= 0.3 is 0 Å². The van der Waals surface area contributed by atoms with Crippen molar-refractivity contribution in [1.29, 1.82) is 0 Å². The molecule has 2 aromatic heterocycles. The molecule has 0 radical (unpaired) electrons. The van der Waals surface area contributed by atoms with Crippen LogP contribution in [-0.4, -0.2) is 26.4 Å². The summed E-state index contributed by atoms with van der Waals surface area (Å²) >= 11 is 15.3. The van der Waals surface area contributed by atoms with Gasteiger partial charge in [-0.3, -0.25) is 4.79 Å². The van der Waals surface area contributed by atoms with Gasteiger partial charge in [0.05, 0.1) is 21.5 Å². The quantitative estimate of drug-likeness (QED) is 0.489. The van der Waals surface area contributed by atoms with Crippen LogP contribution in [0.5, 0.6) is 0 Å². The third-order valence-corrected chi connectivity index (χ3v) is 7.93. The molecule has 4 rings (SSSR count). The van der Waals surface area contributed by atoms with Crippen molar-refractivity contribution in [3.8, 4) is 11.4 Å². The SMILES string of the molecule is CC1CCc2c(-c3nnc(SCC(=O)Nc4cccc(Cl)c4Cl)n3C)csc2C1. The minimum Gasteiger partial charge on any atom is -0.324 e. The van der Waals surface area contributed by atoms with Gasteiger partial charge < -0.3 is 9.88 Å². The van der Waals surface area contributed by atoms with Crippen molar-refractivity contribution in [1.82, 2.24) is 14.8 Å². The molecule has 0 saturated heterocycles. The zero-order valence-corrected chi connectivity index (χ0v) is 19.2. The van der Waals surface area contributed by atoms with Crippen LogP contribution in [0, 0.1) is 5.92 Å². The molecular formula is C20H20Cl2N4OS2. The van der Waals surface area contributed by atoms with Crippen molar-refractivity contribution in [2.45, 2.75) is 31.3 Å². The second-order valence-electron chi connectivity index (χ2n) is 7.20. The van der Waals surface area contributed by atoms with Crippen molar-refractivity contribution in [2.24, 2.45) is 13.0 Å². The summed E-state index contributed by atoms with van der Waals surface area (Å²) < 4.78 is 1.96. The van der Waals surface area contributed by atoms with Crippen molar-refractivity contribution >= 4 is 57.9 Å². The van der Waals surface area contributed by atoms with E-state index in [2.05, 4.69) is 27.8 Å². The molecule has 29 heavy (non-hydrogen) atoms. The lowest BCUT2D eigenvalue weighted by Crippen LogP contribution is -2.14. The number of amides is 1. The van der Waals surface area contributed by atoms with Crippen LogP contribution < -0.4 is 5.32 Å². The molecule has 1 amide bonds. The second kappa shape index (κ2) is 8.68. The van der Waals surface area contributed by atoms with Crippen LogP contribution in [0.4, 0.5) is 5.69 Å². The maximum absolute atomic E-state index is 12.3. The van der Waals surface area contributed by atoms with E-state index in [0.29, 0.717) is 20.9 Å². The zero-order valence-electron chi connectivity index (χ0n) is 16.0. The summed E-state index contributed by atoms with van der Waals surface area (Å²) in [7, 11) is 1.94. The number of thiophene rings is 1. The van der Waals surface area contributed by atoms with E-state index in [-0.39, 0.29) is 11.7 Å². The van der Waals surface area contributed by atoms with Crippen LogP contribution in [0.1, 0.15) is 23.8 Å². The number of rotatable bonds is 5. The molecule has 1 atom stereocenters. The molecule has 1 aromatic carbocycles. The Bertz CT molecular complexity index is 1060.